The quantitative estimate of drug-likeness (QED) is 0.724. The van der Waals surface area contributed by atoms with Gasteiger partial charge in [0.1, 0.15) is 0 Å². The van der Waals surface area contributed by atoms with Crippen LogP contribution in [0.2, 0.25) is 0 Å². The molecule has 2 atom stereocenters. The fourth-order valence-electron chi connectivity index (χ4n) is 3.27. The van der Waals surface area contributed by atoms with Crippen LogP contribution in [-0.2, 0) is 0 Å². The summed E-state index contributed by atoms with van der Waals surface area (Å²) in [7, 11) is 0. The normalized spacial score (nSPS) is 36.4. The molecule has 0 aromatic heterocycles. The molecule has 86 valence electrons. The van der Waals surface area contributed by atoms with Crippen molar-refractivity contribution in [2.24, 2.45) is 23.5 Å². The molecule has 0 aromatic carbocycles. The third kappa shape index (κ3) is 2.54. The Morgan fingerprint density at radius 1 is 1.00 bits per heavy atom. The van der Waals surface area contributed by atoms with E-state index in [4.69, 9.17) is 5.73 Å². The largest absolute Gasteiger partial charge is 0.328 e. The van der Waals surface area contributed by atoms with Crippen LogP contribution in [0.5, 0.6) is 0 Å². The van der Waals surface area contributed by atoms with E-state index in [0.717, 1.165) is 23.8 Å². The van der Waals surface area contributed by atoms with E-state index in [2.05, 4.69) is 5.32 Å². The first kappa shape index (κ1) is 10.1. The molecular weight excluding hydrogens is 184 g/mol. The van der Waals surface area contributed by atoms with Crippen molar-refractivity contribution in [1.29, 1.82) is 0 Å². The van der Waals surface area contributed by atoms with Gasteiger partial charge in [-0.25, -0.2) is 0 Å². The molecule has 15 heavy (non-hydrogen) atoms. The second-order valence-electron chi connectivity index (χ2n) is 6.02. The summed E-state index contributed by atoms with van der Waals surface area (Å²) in [5.41, 5.74) is 5.94. The molecule has 0 amide bonds. The molecule has 3 aliphatic rings. The van der Waals surface area contributed by atoms with E-state index >= 15 is 0 Å². The van der Waals surface area contributed by atoms with Crippen LogP contribution in [0.25, 0.3) is 0 Å². The Labute approximate surface area is 93.0 Å². The molecule has 0 bridgehead atoms. The molecule has 0 heterocycles. The number of hydrogen-bond donors (Lipinski definition) is 2. The van der Waals surface area contributed by atoms with Crippen LogP contribution in [0.4, 0.5) is 0 Å². The third-order valence-corrected chi connectivity index (χ3v) is 4.57. The molecule has 0 saturated heterocycles. The molecule has 0 spiro atoms. The minimum Gasteiger partial charge on any atom is -0.328 e. The fraction of sp³-hybridized carbons (Fsp3) is 1.00. The Balaban J connectivity index is 1.43. The van der Waals surface area contributed by atoms with Gasteiger partial charge in [0.25, 0.3) is 0 Å². The predicted molar refractivity (Wildman–Crippen MR) is 62.6 cm³/mol. The summed E-state index contributed by atoms with van der Waals surface area (Å²) in [5.74, 6) is 3.18. The van der Waals surface area contributed by atoms with E-state index in [9.17, 15) is 0 Å². The van der Waals surface area contributed by atoms with Crippen molar-refractivity contribution in [3.63, 3.8) is 0 Å². The first-order valence-corrected chi connectivity index (χ1v) is 6.82. The Kier molecular flexibility index (Phi) is 2.73. The van der Waals surface area contributed by atoms with Gasteiger partial charge in [0.05, 0.1) is 0 Å². The summed E-state index contributed by atoms with van der Waals surface area (Å²) in [6, 6.07) is 1.21. The van der Waals surface area contributed by atoms with E-state index < -0.39 is 0 Å². The highest BCUT2D eigenvalue weighted by molar-refractivity contribution is 4.93. The van der Waals surface area contributed by atoms with Crippen molar-refractivity contribution in [1.82, 2.24) is 5.32 Å². The van der Waals surface area contributed by atoms with E-state index in [-0.39, 0.29) is 0 Å². The maximum absolute atomic E-state index is 5.94. The number of nitrogens with one attached hydrogen (secondary N) is 1. The molecule has 0 aromatic rings. The summed E-state index contributed by atoms with van der Waals surface area (Å²) in [6.07, 6.45) is 9.78. The van der Waals surface area contributed by atoms with Crippen LogP contribution in [0.15, 0.2) is 0 Å². The molecule has 2 heteroatoms. The van der Waals surface area contributed by atoms with Gasteiger partial charge >= 0.3 is 0 Å². The van der Waals surface area contributed by atoms with Gasteiger partial charge in [-0.2, -0.15) is 0 Å². The highest BCUT2D eigenvalue weighted by atomic mass is 14.9. The molecule has 2 unspecified atom stereocenters. The SMILES string of the molecule is NC1CCC(NCC(C2CC2)C2CC2)C1. The van der Waals surface area contributed by atoms with Crippen LogP contribution in [-0.4, -0.2) is 18.6 Å². The molecule has 2 nitrogen and oxygen atoms in total. The average molecular weight is 208 g/mol. The lowest BCUT2D eigenvalue weighted by Crippen LogP contribution is -2.34. The van der Waals surface area contributed by atoms with Crippen molar-refractivity contribution in [2.45, 2.75) is 57.0 Å². The highest BCUT2D eigenvalue weighted by Gasteiger charge is 2.41. The smallest absolute Gasteiger partial charge is 0.00824 e. The predicted octanol–water partition coefficient (Wildman–Crippen LogP) is 1.89. The Bertz CT molecular complexity index is 209. The monoisotopic (exact) mass is 208 g/mol. The van der Waals surface area contributed by atoms with Crippen molar-refractivity contribution < 1.29 is 0 Å². The molecule has 3 aliphatic carbocycles. The van der Waals surface area contributed by atoms with E-state index in [0.29, 0.717) is 6.04 Å². The van der Waals surface area contributed by atoms with Crippen LogP contribution in [0, 0.1) is 17.8 Å². The fourth-order valence-corrected chi connectivity index (χ4v) is 3.27. The minimum absolute atomic E-state index is 0.475. The molecule has 0 radical (unpaired) electrons. The zero-order chi connectivity index (χ0) is 10.3. The van der Waals surface area contributed by atoms with Crippen LogP contribution in [0.3, 0.4) is 0 Å². The van der Waals surface area contributed by atoms with Crippen molar-refractivity contribution in [3.05, 3.63) is 0 Å². The maximum atomic E-state index is 5.94. The van der Waals surface area contributed by atoms with Crippen LogP contribution >= 0.6 is 0 Å². The molecule has 3 N–H and O–H groups in total. The van der Waals surface area contributed by atoms with Gasteiger partial charge in [-0.15, -0.1) is 0 Å². The molecular formula is C13H24N2. The Morgan fingerprint density at radius 2 is 1.67 bits per heavy atom. The van der Waals surface area contributed by atoms with Crippen LogP contribution in [0.1, 0.15) is 44.9 Å². The highest BCUT2D eigenvalue weighted by Crippen LogP contribution is 2.48. The van der Waals surface area contributed by atoms with E-state index in [1.165, 1.54) is 51.5 Å². The summed E-state index contributed by atoms with van der Waals surface area (Å²) < 4.78 is 0. The minimum atomic E-state index is 0.475. The van der Waals surface area contributed by atoms with Crippen molar-refractivity contribution in [3.8, 4) is 0 Å². The summed E-state index contributed by atoms with van der Waals surface area (Å²) >= 11 is 0. The van der Waals surface area contributed by atoms with Crippen molar-refractivity contribution in [2.75, 3.05) is 6.54 Å². The van der Waals surface area contributed by atoms with Gasteiger partial charge in [-0.05, 0) is 69.2 Å². The lowest BCUT2D eigenvalue weighted by molar-refractivity contribution is 0.354. The van der Waals surface area contributed by atoms with Gasteiger partial charge in [-0.3, -0.25) is 0 Å². The average Bonchev–Trinajstić information content (AvgIpc) is 3.09. The number of nitrogens with two attached hydrogens (primary N) is 1. The Morgan fingerprint density at radius 3 is 2.13 bits per heavy atom. The zero-order valence-corrected chi connectivity index (χ0v) is 9.62. The maximum Gasteiger partial charge on any atom is 0.00824 e. The summed E-state index contributed by atoms with van der Waals surface area (Å²) in [6.45, 7) is 1.28. The lowest BCUT2D eigenvalue weighted by Gasteiger charge is -2.19. The van der Waals surface area contributed by atoms with Gasteiger partial charge in [0.2, 0.25) is 0 Å². The summed E-state index contributed by atoms with van der Waals surface area (Å²) in [4.78, 5) is 0. The van der Waals surface area contributed by atoms with E-state index in [1.807, 2.05) is 0 Å². The summed E-state index contributed by atoms with van der Waals surface area (Å²) in [5, 5.41) is 3.77. The number of rotatable bonds is 5. The van der Waals surface area contributed by atoms with Gasteiger partial charge in [0.15, 0.2) is 0 Å². The zero-order valence-electron chi connectivity index (χ0n) is 9.62. The molecule has 3 rings (SSSR count). The van der Waals surface area contributed by atoms with E-state index in [1.54, 1.807) is 0 Å². The first-order chi connectivity index (χ1) is 7.33. The molecule has 0 aliphatic heterocycles. The molecule has 3 saturated carbocycles. The number of hydrogen-bond acceptors (Lipinski definition) is 2. The third-order valence-electron chi connectivity index (χ3n) is 4.57. The second kappa shape index (κ2) is 4.06. The lowest BCUT2D eigenvalue weighted by atomic mass is 9.97. The standard InChI is InChI=1S/C13H24N2/c14-11-5-6-12(7-11)15-8-13(9-1-2-9)10-3-4-10/h9-13,15H,1-8,14H2. The van der Waals surface area contributed by atoms with Crippen LogP contribution < -0.4 is 11.1 Å². The molecule has 3 fully saturated rings. The van der Waals surface area contributed by atoms with Crippen molar-refractivity contribution >= 4 is 0 Å². The Hall–Kier alpha value is -0.0800. The van der Waals surface area contributed by atoms with Gasteiger partial charge in [-0.1, -0.05) is 0 Å². The van der Waals surface area contributed by atoms with Gasteiger partial charge in [0, 0.05) is 12.1 Å². The van der Waals surface area contributed by atoms with Gasteiger partial charge < -0.3 is 11.1 Å². The topological polar surface area (TPSA) is 38.0 Å². The first-order valence-electron chi connectivity index (χ1n) is 6.82. The second-order valence-corrected chi connectivity index (χ2v) is 6.02.